The van der Waals surface area contributed by atoms with Gasteiger partial charge in [0.1, 0.15) is 0 Å². The Kier molecular flexibility index (Phi) is 7.52. The molecule has 1 amide bonds. The van der Waals surface area contributed by atoms with Gasteiger partial charge < -0.3 is 20.0 Å². The van der Waals surface area contributed by atoms with Crippen LogP contribution in [0.1, 0.15) is 18.1 Å². The topological polar surface area (TPSA) is 80.2 Å². The lowest BCUT2D eigenvalue weighted by atomic mass is 10.2. The molecule has 0 spiro atoms. The molecule has 0 heterocycles. The number of benzene rings is 2. The molecule has 0 aliphatic heterocycles. The summed E-state index contributed by atoms with van der Waals surface area (Å²) in [5.41, 5.74) is 2.19. The summed E-state index contributed by atoms with van der Waals surface area (Å²) in [6.07, 6.45) is 1.29. The highest BCUT2D eigenvalue weighted by Crippen LogP contribution is 2.34. The largest absolute Gasteiger partial charge is 0.490 e. The maximum atomic E-state index is 12.2. The number of rotatable bonds is 7. The number of carbonyl (C=O) groups is 1. The summed E-state index contributed by atoms with van der Waals surface area (Å²) in [6.45, 7) is 3.98. The van der Waals surface area contributed by atoms with E-state index in [9.17, 15) is 4.79 Å². The molecule has 0 unspecified atom stereocenters. The third-order valence-corrected chi connectivity index (χ3v) is 4.55. The normalized spacial score (nSPS) is 10.8. The summed E-state index contributed by atoms with van der Waals surface area (Å²) >= 11 is 8.13. The summed E-state index contributed by atoms with van der Waals surface area (Å²) in [5, 5.41) is 15.0. The smallest absolute Gasteiger partial charge is 0.262 e. The van der Waals surface area contributed by atoms with E-state index in [4.69, 9.17) is 26.3 Å². The van der Waals surface area contributed by atoms with Crippen LogP contribution in [0.4, 0.5) is 5.69 Å². The van der Waals surface area contributed by atoms with E-state index in [0.29, 0.717) is 34.4 Å². The second-order valence-electron chi connectivity index (χ2n) is 5.31. The van der Waals surface area contributed by atoms with Crippen molar-refractivity contribution in [3.63, 3.8) is 0 Å². The first-order valence-electron chi connectivity index (χ1n) is 7.77. The van der Waals surface area contributed by atoms with E-state index in [1.807, 2.05) is 19.9 Å². The minimum absolute atomic E-state index is 0.186. The van der Waals surface area contributed by atoms with Gasteiger partial charge in [-0.05, 0) is 66.3 Å². The van der Waals surface area contributed by atoms with Crippen molar-refractivity contribution in [1.29, 1.82) is 0 Å². The molecular weight excluding hydrogens is 471 g/mol. The number of halogens is 2. The number of aryl methyl sites for hydroxylation is 1. The second kappa shape index (κ2) is 9.63. The van der Waals surface area contributed by atoms with Crippen LogP contribution in [0, 0.1) is 10.5 Å². The molecule has 0 aliphatic carbocycles. The maximum Gasteiger partial charge on any atom is 0.262 e. The predicted octanol–water partition coefficient (Wildman–Crippen LogP) is 4.48. The third kappa shape index (κ3) is 5.50. The monoisotopic (exact) mass is 488 g/mol. The van der Waals surface area contributed by atoms with Crippen LogP contribution in [0.5, 0.6) is 11.5 Å². The molecule has 138 valence electrons. The van der Waals surface area contributed by atoms with Gasteiger partial charge >= 0.3 is 0 Å². The predicted molar refractivity (Wildman–Crippen MR) is 110 cm³/mol. The van der Waals surface area contributed by atoms with Gasteiger partial charge in [-0.1, -0.05) is 22.8 Å². The molecule has 0 atom stereocenters. The number of ether oxygens (including phenoxy) is 2. The highest BCUT2D eigenvalue weighted by Gasteiger charge is 2.14. The summed E-state index contributed by atoms with van der Waals surface area (Å²) in [4.78, 5) is 12.2. The van der Waals surface area contributed by atoms with Gasteiger partial charge in [-0.3, -0.25) is 4.79 Å². The number of oxime groups is 1. The average molecular weight is 489 g/mol. The van der Waals surface area contributed by atoms with Crippen LogP contribution in [-0.4, -0.2) is 30.5 Å². The van der Waals surface area contributed by atoms with Crippen LogP contribution in [0.15, 0.2) is 35.5 Å². The van der Waals surface area contributed by atoms with Crippen molar-refractivity contribution in [2.24, 2.45) is 5.16 Å². The lowest BCUT2D eigenvalue weighted by Crippen LogP contribution is -2.20. The molecule has 8 heteroatoms. The average Bonchev–Trinajstić information content (AvgIpc) is 2.58. The molecule has 0 aromatic heterocycles. The zero-order chi connectivity index (χ0) is 19.1. The van der Waals surface area contributed by atoms with Crippen LogP contribution in [0.2, 0.25) is 5.02 Å². The minimum atomic E-state index is -0.316. The van der Waals surface area contributed by atoms with Gasteiger partial charge in [-0.2, -0.15) is 0 Å². The fraction of sp³-hybridized carbons (Fsp3) is 0.222. The van der Waals surface area contributed by atoms with E-state index in [-0.39, 0.29) is 12.5 Å². The fourth-order valence-electron chi connectivity index (χ4n) is 2.14. The number of amides is 1. The van der Waals surface area contributed by atoms with Crippen LogP contribution in [0.3, 0.4) is 0 Å². The number of nitrogens with one attached hydrogen (secondary N) is 1. The first-order valence-corrected chi connectivity index (χ1v) is 9.22. The Morgan fingerprint density at radius 3 is 2.77 bits per heavy atom. The van der Waals surface area contributed by atoms with Crippen molar-refractivity contribution in [2.75, 3.05) is 18.5 Å². The molecule has 0 radical (unpaired) electrons. The van der Waals surface area contributed by atoms with E-state index >= 15 is 0 Å². The second-order valence-corrected chi connectivity index (χ2v) is 6.88. The van der Waals surface area contributed by atoms with Crippen molar-refractivity contribution in [3.8, 4) is 11.5 Å². The Hall–Kier alpha value is -2.00. The molecule has 0 saturated carbocycles. The van der Waals surface area contributed by atoms with Crippen molar-refractivity contribution in [3.05, 3.63) is 50.1 Å². The van der Waals surface area contributed by atoms with Crippen molar-refractivity contribution in [2.45, 2.75) is 13.8 Å². The Balaban J connectivity index is 2.09. The Bertz CT molecular complexity index is 827. The van der Waals surface area contributed by atoms with Crippen molar-refractivity contribution >= 4 is 52.0 Å². The van der Waals surface area contributed by atoms with Gasteiger partial charge in [0.25, 0.3) is 5.91 Å². The van der Waals surface area contributed by atoms with Gasteiger partial charge in [0.05, 0.1) is 16.4 Å². The van der Waals surface area contributed by atoms with Gasteiger partial charge in [0, 0.05) is 16.3 Å². The summed E-state index contributed by atoms with van der Waals surface area (Å²) in [6, 6.07) is 8.73. The van der Waals surface area contributed by atoms with Gasteiger partial charge in [0.2, 0.25) is 0 Å². The molecule has 0 fully saturated rings. The molecule has 2 rings (SSSR count). The van der Waals surface area contributed by atoms with Crippen molar-refractivity contribution < 1.29 is 19.5 Å². The molecule has 0 aliphatic rings. The zero-order valence-electron chi connectivity index (χ0n) is 14.3. The Morgan fingerprint density at radius 1 is 1.35 bits per heavy atom. The molecule has 0 saturated heterocycles. The van der Waals surface area contributed by atoms with E-state index < -0.39 is 0 Å². The maximum absolute atomic E-state index is 12.2. The zero-order valence-corrected chi connectivity index (χ0v) is 17.2. The van der Waals surface area contributed by atoms with E-state index in [0.717, 1.165) is 9.13 Å². The summed E-state index contributed by atoms with van der Waals surface area (Å²) < 4.78 is 12.0. The van der Waals surface area contributed by atoms with Crippen LogP contribution < -0.4 is 14.8 Å². The van der Waals surface area contributed by atoms with E-state index in [2.05, 4.69) is 33.1 Å². The molecule has 26 heavy (non-hydrogen) atoms. The Morgan fingerprint density at radius 2 is 2.12 bits per heavy atom. The third-order valence-electron chi connectivity index (χ3n) is 3.34. The van der Waals surface area contributed by atoms with Gasteiger partial charge in [-0.25, -0.2) is 0 Å². The van der Waals surface area contributed by atoms with Gasteiger partial charge in [0.15, 0.2) is 18.1 Å². The highest BCUT2D eigenvalue weighted by molar-refractivity contribution is 14.1. The van der Waals surface area contributed by atoms with E-state index in [1.54, 1.807) is 24.3 Å². The Labute approximate surface area is 170 Å². The number of hydrogen-bond acceptors (Lipinski definition) is 5. The minimum Gasteiger partial charge on any atom is -0.490 e. The first kappa shape index (κ1) is 20.3. The lowest BCUT2D eigenvalue weighted by Gasteiger charge is -2.14. The standard InChI is InChI=1S/C18H18ClIN2O4/c1-3-25-16-7-12(9-21-24)6-15(20)18(16)26-10-17(23)22-13-5-4-11(2)14(19)8-13/h4-9,24H,3,10H2,1-2H3,(H,22,23)/b21-9+. The number of anilines is 1. The fourth-order valence-corrected chi connectivity index (χ4v) is 3.10. The summed E-state index contributed by atoms with van der Waals surface area (Å²) in [7, 11) is 0. The molecule has 2 N–H and O–H groups in total. The number of carbonyl (C=O) groups excluding carboxylic acids is 1. The highest BCUT2D eigenvalue weighted by atomic mass is 127. The van der Waals surface area contributed by atoms with E-state index in [1.165, 1.54) is 6.21 Å². The van der Waals surface area contributed by atoms with Crippen LogP contribution in [0.25, 0.3) is 0 Å². The first-order chi connectivity index (χ1) is 12.4. The van der Waals surface area contributed by atoms with Gasteiger partial charge in [-0.15, -0.1) is 0 Å². The number of hydrogen-bond donors (Lipinski definition) is 2. The molecular formula is C18H18ClIN2O4. The van der Waals surface area contributed by atoms with Crippen LogP contribution >= 0.6 is 34.2 Å². The molecule has 0 bridgehead atoms. The molecule has 6 nitrogen and oxygen atoms in total. The molecule has 2 aromatic carbocycles. The van der Waals surface area contributed by atoms with Crippen LogP contribution in [-0.2, 0) is 4.79 Å². The van der Waals surface area contributed by atoms with Crippen molar-refractivity contribution in [1.82, 2.24) is 0 Å². The quantitative estimate of drug-likeness (QED) is 0.261. The number of nitrogens with zero attached hydrogens (tertiary/aromatic N) is 1. The SMILES string of the molecule is CCOc1cc(/C=N/O)cc(I)c1OCC(=O)Nc1ccc(C)c(Cl)c1. The molecule has 2 aromatic rings. The lowest BCUT2D eigenvalue weighted by molar-refractivity contribution is -0.118. The summed E-state index contributed by atoms with van der Waals surface area (Å²) in [5.74, 6) is 0.615.